The van der Waals surface area contributed by atoms with Crippen molar-refractivity contribution in [2.24, 2.45) is 0 Å². The Hall–Kier alpha value is -3.36. The molecular formula is C24H21N3O3S2. The molecule has 0 saturated carbocycles. The molecule has 0 bridgehead atoms. The van der Waals surface area contributed by atoms with Gasteiger partial charge in [0.25, 0.3) is 5.91 Å². The summed E-state index contributed by atoms with van der Waals surface area (Å²) in [5.74, 6) is 0.738. The fraction of sp³-hybridized carbons (Fsp3) is 0.125. The maximum absolute atomic E-state index is 12.4. The quantitative estimate of drug-likeness (QED) is 0.349. The number of amides is 2. The summed E-state index contributed by atoms with van der Waals surface area (Å²) in [5.41, 5.74) is 3.18. The topological polar surface area (TPSA) is 80.3 Å². The lowest BCUT2D eigenvalue weighted by molar-refractivity contribution is -0.113. The summed E-state index contributed by atoms with van der Waals surface area (Å²) in [6.45, 7) is 1.95. The van der Waals surface area contributed by atoms with Crippen molar-refractivity contribution in [1.29, 1.82) is 0 Å². The van der Waals surface area contributed by atoms with Crippen molar-refractivity contribution in [3.8, 4) is 5.75 Å². The van der Waals surface area contributed by atoms with E-state index in [0.717, 1.165) is 26.4 Å². The van der Waals surface area contributed by atoms with Crippen LogP contribution in [-0.2, 0) is 4.79 Å². The van der Waals surface area contributed by atoms with Crippen molar-refractivity contribution in [3.63, 3.8) is 0 Å². The maximum atomic E-state index is 12.4. The number of thiazole rings is 1. The standard InChI is InChI=1S/C24H21N3O3S2/c1-15-4-3-5-16(12-15)23(29)25-17-6-9-19(10-7-17)31-14-22(28)27-24-26-20-11-8-18(30-2)13-21(20)32-24/h3-13H,14H2,1-2H3,(H,25,29)(H,26,27,28). The number of hydrogen-bond donors (Lipinski definition) is 2. The number of nitrogens with one attached hydrogen (secondary N) is 2. The molecule has 0 aliphatic rings. The van der Waals surface area contributed by atoms with Crippen molar-refractivity contribution < 1.29 is 14.3 Å². The molecule has 0 atom stereocenters. The molecule has 1 aromatic heterocycles. The lowest BCUT2D eigenvalue weighted by Crippen LogP contribution is -2.13. The van der Waals surface area contributed by atoms with Crippen LogP contribution in [0.25, 0.3) is 10.2 Å². The SMILES string of the molecule is COc1ccc2nc(NC(=O)CSc3ccc(NC(=O)c4cccc(C)c4)cc3)sc2c1. The van der Waals surface area contributed by atoms with Gasteiger partial charge in [-0.25, -0.2) is 4.98 Å². The van der Waals surface area contributed by atoms with Crippen LogP contribution in [0, 0.1) is 6.92 Å². The fourth-order valence-corrected chi connectivity index (χ4v) is 4.62. The van der Waals surface area contributed by atoms with Crippen molar-refractivity contribution >= 4 is 55.9 Å². The van der Waals surface area contributed by atoms with E-state index in [1.807, 2.05) is 67.6 Å². The summed E-state index contributed by atoms with van der Waals surface area (Å²) in [6.07, 6.45) is 0. The second-order valence-electron chi connectivity index (χ2n) is 7.04. The number of aromatic nitrogens is 1. The zero-order valence-electron chi connectivity index (χ0n) is 17.5. The average molecular weight is 464 g/mol. The number of benzene rings is 3. The van der Waals surface area contributed by atoms with Crippen LogP contribution in [0.3, 0.4) is 0 Å². The van der Waals surface area contributed by atoms with Crippen LogP contribution in [0.5, 0.6) is 5.75 Å². The number of rotatable bonds is 7. The van der Waals surface area contributed by atoms with Gasteiger partial charge in [-0.3, -0.25) is 9.59 Å². The van der Waals surface area contributed by atoms with Gasteiger partial charge < -0.3 is 15.4 Å². The Morgan fingerprint density at radius 2 is 1.84 bits per heavy atom. The predicted molar refractivity (Wildman–Crippen MR) is 131 cm³/mol. The van der Waals surface area contributed by atoms with Gasteiger partial charge in [0.05, 0.1) is 23.1 Å². The molecule has 0 saturated heterocycles. The summed E-state index contributed by atoms with van der Waals surface area (Å²) in [7, 11) is 1.62. The number of aryl methyl sites for hydroxylation is 1. The first-order valence-corrected chi connectivity index (χ1v) is 11.7. The van der Waals surface area contributed by atoms with Crippen LogP contribution in [0.15, 0.2) is 71.6 Å². The first-order valence-electron chi connectivity index (χ1n) is 9.85. The van der Waals surface area contributed by atoms with E-state index in [2.05, 4.69) is 15.6 Å². The minimum atomic E-state index is -0.151. The Morgan fingerprint density at radius 1 is 1.03 bits per heavy atom. The molecule has 162 valence electrons. The minimum Gasteiger partial charge on any atom is -0.497 e. The van der Waals surface area contributed by atoms with E-state index in [1.54, 1.807) is 13.2 Å². The zero-order valence-corrected chi connectivity index (χ0v) is 19.2. The highest BCUT2D eigenvalue weighted by Gasteiger charge is 2.10. The highest BCUT2D eigenvalue weighted by molar-refractivity contribution is 8.00. The maximum Gasteiger partial charge on any atom is 0.255 e. The third kappa shape index (κ3) is 5.46. The molecule has 0 aliphatic heterocycles. The minimum absolute atomic E-state index is 0.127. The van der Waals surface area contributed by atoms with Crippen molar-refractivity contribution in [2.45, 2.75) is 11.8 Å². The van der Waals surface area contributed by atoms with Gasteiger partial charge in [-0.2, -0.15) is 0 Å². The molecule has 32 heavy (non-hydrogen) atoms. The Morgan fingerprint density at radius 3 is 2.59 bits per heavy atom. The van der Waals surface area contributed by atoms with Crippen molar-refractivity contribution in [2.75, 3.05) is 23.5 Å². The second-order valence-corrected chi connectivity index (χ2v) is 9.12. The molecule has 0 radical (unpaired) electrons. The van der Waals surface area contributed by atoms with Gasteiger partial charge in [0, 0.05) is 16.1 Å². The summed E-state index contributed by atoms with van der Waals surface area (Å²) < 4.78 is 6.18. The van der Waals surface area contributed by atoms with Crippen LogP contribution in [0.2, 0.25) is 0 Å². The molecule has 1 heterocycles. The fourth-order valence-electron chi connectivity index (χ4n) is 3.01. The number of anilines is 2. The van der Waals surface area contributed by atoms with Crippen LogP contribution >= 0.6 is 23.1 Å². The molecular weight excluding hydrogens is 442 g/mol. The average Bonchev–Trinajstić information content (AvgIpc) is 3.19. The highest BCUT2D eigenvalue weighted by Crippen LogP contribution is 2.29. The monoisotopic (exact) mass is 463 g/mol. The molecule has 4 aromatic rings. The third-order valence-electron chi connectivity index (χ3n) is 4.60. The normalized spacial score (nSPS) is 10.7. The second kappa shape index (κ2) is 9.84. The molecule has 4 rings (SSSR count). The molecule has 0 aliphatic carbocycles. The molecule has 3 aromatic carbocycles. The molecule has 0 spiro atoms. The number of carbonyl (C=O) groups excluding carboxylic acids is 2. The molecule has 0 unspecified atom stereocenters. The van der Waals surface area contributed by atoms with E-state index < -0.39 is 0 Å². The molecule has 2 N–H and O–H groups in total. The van der Waals surface area contributed by atoms with Crippen LogP contribution in [0.1, 0.15) is 15.9 Å². The summed E-state index contributed by atoms with van der Waals surface area (Å²) >= 11 is 2.83. The molecule has 6 nitrogen and oxygen atoms in total. The summed E-state index contributed by atoms with van der Waals surface area (Å²) in [5, 5.41) is 6.30. The van der Waals surface area contributed by atoms with E-state index in [9.17, 15) is 9.59 Å². The van der Waals surface area contributed by atoms with E-state index in [4.69, 9.17) is 4.74 Å². The van der Waals surface area contributed by atoms with Crippen molar-refractivity contribution in [1.82, 2.24) is 4.98 Å². The van der Waals surface area contributed by atoms with Gasteiger partial charge in [-0.15, -0.1) is 11.8 Å². The van der Waals surface area contributed by atoms with E-state index in [0.29, 0.717) is 16.4 Å². The van der Waals surface area contributed by atoms with Crippen LogP contribution in [0.4, 0.5) is 10.8 Å². The number of nitrogens with zero attached hydrogens (tertiary/aromatic N) is 1. The van der Waals surface area contributed by atoms with Crippen LogP contribution in [-0.4, -0.2) is 29.7 Å². The smallest absolute Gasteiger partial charge is 0.255 e. The Kier molecular flexibility index (Phi) is 6.72. The van der Waals surface area contributed by atoms with Crippen molar-refractivity contribution in [3.05, 3.63) is 77.9 Å². The Balaban J connectivity index is 1.30. The molecule has 0 fully saturated rings. The third-order valence-corrected chi connectivity index (χ3v) is 6.55. The number of ether oxygens (including phenoxy) is 1. The summed E-state index contributed by atoms with van der Waals surface area (Å²) in [4.78, 5) is 30.1. The number of hydrogen-bond acceptors (Lipinski definition) is 6. The predicted octanol–water partition coefficient (Wildman–Crippen LogP) is 5.60. The van der Waals surface area contributed by atoms with E-state index in [1.165, 1.54) is 23.1 Å². The summed E-state index contributed by atoms with van der Waals surface area (Å²) in [6, 6.07) is 20.5. The lowest BCUT2D eigenvalue weighted by atomic mass is 10.1. The zero-order chi connectivity index (χ0) is 22.5. The molecule has 2 amide bonds. The van der Waals surface area contributed by atoms with Gasteiger partial charge in [0.2, 0.25) is 5.91 Å². The van der Waals surface area contributed by atoms with Gasteiger partial charge in [0.1, 0.15) is 5.75 Å². The number of fused-ring (bicyclic) bond motifs is 1. The number of methoxy groups -OCH3 is 1. The number of carbonyl (C=O) groups is 2. The van der Waals surface area contributed by atoms with Gasteiger partial charge in [-0.1, -0.05) is 29.0 Å². The lowest BCUT2D eigenvalue weighted by Gasteiger charge is -2.07. The van der Waals surface area contributed by atoms with Gasteiger partial charge >= 0.3 is 0 Å². The largest absolute Gasteiger partial charge is 0.497 e. The highest BCUT2D eigenvalue weighted by atomic mass is 32.2. The van der Waals surface area contributed by atoms with E-state index in [-0.39, 0.29) is 17.6 Å². The Bertz CT molecular complexity index is 1270. The van der Waals surface area contributed by atoms with Gasteiger partial charge in [-0.05, 0) is 61.5 Å². The molecule has 8 heteroatoms. The Labute approximate surface area is 194 Å². The first-order chi connectivity index (χ1) is 15.5. The first kappa shape index (κ1) is 21.9. The van der Waals surface area contributed by atoms with Gasteiger partial charge in [0.15, 0.2) is 5.13 Å². The number of thioether (sulfide) groups is 1. The van der Waals surface area contributed by atoms with Crippen LogP contribution < -0.4 is 15.4 Å². The van der Waals surface area contributed by atoms with E-state index >= 15 is 0 Å².